The van der Waals surface area contributed by atoms with Crippen molar-refractivity contribution in [1.29, 1.82) is 0 Å². The summed E-state index contributed by atoms with van der Waals surface area (Å²) in [4.78, 5) is 15.2. The van der Waals surface area contributed by atoms with Crippen LogP contribution in [0, 0.1) is 19.8 Å². The minimum Gasteiger partial charge on any atom is -0.360 e. The van der Waals surface area contributed by atoms with E-state index in [9.17, 15) is 13.2 Å². The molecule has 1 aromatic carbocycles. The highest BCUT2D eigenvalue weighted by Crippen LogP contribution is 2.28. The molecule has 8 heteroatoms. The van der Waals surface area contributed by atoms with E-state index >= 15 is 0 Å². The van der Waals surface area contributed by atoms with Gasteiger partial charge < -0.3 is 9.42 Å². The molecular weight excluding hydrogens is 390 g/mol. The maximum absolute atomic E-state index is 13.1. The third kappa shape index (κ3) is 4.70. The van der Waals surface area contributed by atoms with Gasteiger partial charge in [0.05, 0.1) is 0 Å². The van der Waals surface area contributed by atoms with Crippen molar-refractivity contribution >= 4 is 15.9 Å². The lowest BCUT2D eigenvalue weighted by Crippen LogP contribution is -2.44. The fourth-order valence-corrected chi connectivity index (χ4v) is 5.68. The van der Waals surface area contributed by atoms with Crippen LogP contribution in [-0.4, -0.2) is 48.3 Å². The number of nitrogens with zero attached hydrogens (tertiary/aromatic N) is 3. The van der Waals surface area contributed by atoms with Crippen molar-refractivity contribution in [2.75, 3.05) is 19.6 Å². The lowest BCUT2D eigenvalue weighted by atomic mass is 9.96. The quantitative estimate of drug-likeness (QED) is 0.688. The molecular formula is C21H29N3O4S. The Hall–Kier alpha value is -2.19. The van der Waals surface area contributed by atoms with Gasteiger partial charge in [-0.15, -0.1) is 0 Å². The number of benzene rings is 1. The Bertz CT molecular complexity index is 913. The molecule has 0 spiro atoms. The molecule has 7 nitrogen and oxygen atoms in total. The van der Waals surface area contributed by atoms with Gasteiger partial charge in [-0.25, -0.2) is 8.42 Å². The average Bonchev–Trinajstić information content (AvgIpc) is 3.07. The fraction of sp³-hybridized carbons (Fsp3) is 0.524. The zero-order valence-corrected chi connectivity index (χ0v) is 18.1. The predicted octanol–water partition coefficient (Wildman–Crippen LogP) is 3.13. The van der Waals surface area contributed by atoms with Crippen LogP contribution in [0.5, 0.6) is 0 Å². The number of sulfonamides is 1. The molecule has 29 heavy (non-hydrogen) atoms. The second-order valence-corrected chi connectivity index (χ2v) is 9.45. The summed E-state index contributed by atoms with van der Waals surface area (Å²) >= 11 is 0. The first-order chi connectivity index (χ1) is 13.8. The molecule has 3 rings (SSSR count). The molecule has 0 atom stereocenters. The molecule has 1 fully saturated rings. The molecule has 1 saturated heterocycles. The van der Waals surface area contributed by atoms with E-state index in [1.165, 1.54) is 4.31 Å². The van der Waals surface area contributed by atoms with Crippen LogP contribution < -0.4 is 0 Å². The summed E-state index contributed by atoms with van der Waals surface area (Å²) in [6.45, 7) is 7.24. The minimum atomic E-state index is -3.66. The number of hydrogen-bond acceptors (Lipinski definition) is 5. The molecule has 1 aliphatic heterocycles. The molecule has 0 N–H and O–H groups in total. The van der Waals surface area contributed by atoms with Gasteiger partial charge in [-0.05, 0) is 38.7 Å². The summed E-state index contributed by atoms with van der Waals surface area (Å²) in [5.41, 5.74) is 1.48. The lowest BCUT2D eigenvalue weighted by molar-refractivity contribution is -0.137. The van der Waals surface area contributed by atoms with Crippen LogP contribution >= 0.6 is 0 Å². The van der Waals surface area contributed by atoms with Crippen molar-refractivity contribution in [3.8, 4) is 0 Å². The average molecular weight is 420 g/mol. The Morgan fingerprint density at radius 3 is 2.41 bits per heavy atom. The van der Waals surface area contributed by atoms with Crippen LogP contribution in [0.25, 0.3) is 0 Å². The van der Waals surface area contributed by atoms with Gasteiger partial charge in [-0.1, -0.05) is 42.4 Å². The van der Waals surface area contributed by atoms with Crippen molar-refractivity contribution in [3.63, 3.8) is 0 Å². The van der Waals surface area contributed by atoms with Gasteiger partial charge in [0.1, 0.15) is 10.6 Å². The summed E-state index contributed by atoms with van der Waals surface area (Å²) in [6.07, 6.45) is 1.94. The topological polar surface area (TPSA) is 83.7 Å². The maximum atomic E-state index is 13.1. The summed E-state index contributed by atoms with van der Waals surface area (Å²) in [6, 6.07) is 9.96. The normalized spacial score (nSPS) is 16.1. The highest BCUT2D eigenvalue weighted by Gasteiger charge is 2.36. The molecule has 2 aromatic rings. The molecule has 2 heterocycles. The van der Waals surface area contributed by atoms with E-state index in [1.807, 2.05) is 35.2 Å². The van der Waals surface area contributed by atoms with Gasteiger partial charge in [0.15, 0.2) is 5.76 Å². The van der Waals surface area contributed by atoms with Crippen LogP contribution in [0.2, 0.25) is 0 Å². The van der Waals surface area contributed by atoms with Crippen LogP contribution in [0.1, 0.15) is 43.2 Å². The smallest absolute Gasteiger partial charge is 0.248 e. The van der Waals surface area contributed by atoms with Gasteiger partial charge >= 0.3 is 0 Å². The monoisotopic (exact) mass is 419 g/mol. The minimum absolute atomic E-state index is 0.116. The third-order valence-electron chi connectivity index (χ3n) is 5.39. The molecule has 0 aliphatic carbocycles. The van der Waals surface area contributed by atoms with Gasteiger partial charge in [0.2, 0.25) is 15.9 Å². The Labute approximate surface area is 172 Å². The lowest BCUT2D eigenvalue weighted by Gasteiger charge is -2.33. The molecule has 158 valence electrons. The highest BCUT2D eigenvalue weighted by atomic mass is 32.2. The van der Waals surface area contributed by atoms with E-state index in [4.69, 9.17) is 4.52 Å². The van der Waals surface area contributed by atoms with E-state index < -0.39 is 10.0 Å². The fourth-order valence-electron chi connectivity index (χ4n) is 3.91. The number of hydrogen-bond donors (Lipinski definition) is 0. The third-order valence-corrected chi connectivity index (χ3v) is 7.53. The predicted molar refractivity (Wildman–Crippen MR) is 110 cm³/mol. The summed E-state index contributed by atoms with van der Waals surface area (Å²) in [7, 11) is -3.66. The summed E-state index contributed by atoms with van der Waals surface area (Å²) in [5, 5.41) is 3.76. The molecule has 0 saturated carbocycles. The van der Waals surface area contributed by atoms with E-state index in [1.54, 1.807) is 13.8 Å². The number of carbonyl (C=O) groups is 1. The van der Waals surface area contributed by atoms with Gasteiger partial charge in [-0.2, -0.15) is 4.31 Å². The van der Waals surface area contributed by atoms with Crippen LogP contribution in [0.3, 0.4) is 0 Å². The Kier molecular flexibility index (Phi) is 6.74. The van der Waals surface area contributed by atoms with Crippen molar-refractivity contribution in [2.45, 2.75) is 51.5 Å². The number of piperidine rings is 1. The molecule has 0 unspecified atom stereocenters. The molecule has 0 bridgehead atoms. The first-order valence-electron chi connectivity index (χ1n) is 10.1. The SMILES string of the molecule is CCCN(Cc1ccccc1)C(=O)C1CCN(S(=O)(=O)c2c(C)noc2C)CC1. The van der Waals surface area contributed by atoms with Gasteiger partial charge in [0, 0.05) is 32.1 Å². The Balaban J connectivity index is 1.66. The summed E-state index contributed by atoms with van der Waals surface area (Å²) < 4.78 is 32.4. The van der Waals surface area contributed by atoms with Crippen LogP contribution in [0.4, 0.5) is 0 Å². The van der Waals surface area contributed by atoms with E-state index in [0.29, 0.717) is 50.5 Å². The van der Waals surface area contributed by atoms with Crippen LogP contribution in [-0.2, 0) is 21.4 Å². The largest absolute Gasteiger partial charge is 0.360 e. The zero-order chi connectivity index (χ0) is 21.0. The van der Waals surface area contributed by atoms with E-state index in [2.05, 4.69) is 12.1 Å². The first kappa shape index (κ1) is 21.5. The van der Waals surface area contributed by atoms with Crippen molar-refractivity contribution in [2.24, 2.45) is 5.92 Å². The first-order valence-corrected chi connectivity index (χ1v) is 11.5. The second kappa shape index (κ2) is 9.09. The highest BCUT2D eigenvalue weighted by molar-refractivity contribution is 7.89. The van der Waals surface area contributed by atoms with Crippen molar-refractivity contribution in [3.05, 3.63) is 47.3 Å². The number of aryl methyl sites for hydroxylation is 2. The number of rotatable bonds is 7. The molecule has 1 amide bonds. The zero-order valence-electron chi connectivity index (χ0n) is 17.3. The van der Waals surface area contributed by atoms with Crippen molar-refractivity contribution in [1.82, 2.24) is 14.4 Å². The van der Waals surface area contributed by atoms with Gasteiger partial charge in [0.25, 0.3) is 0 Å². The molecule has 0 radical (unpaired) electrons. The van der Waals surface area contributed by atoms with Crippen LogP contribution in [0.15, 0.2) is 39.8 Å². The number of carbonyl (C=O) groups excluding carboxylic acids is 1. The van der Waals surface area contributed by atoms with E-state index in [-0.39, 0.29) is 16.7 Å². The van der Waals surface area contributed by atoms with Crippen molar-refractivity contribution < 1.29 is 17.7 Å². The second-order valence-electron chi connectivity index (χ2n) is 7.58. The van der Waals surface area contributed by atoms with Gasteiger partial charge in [-0.3, -0.25) is 4.79 Å². The maximum Gasteiger partial charge on any atom is 0.248 e. The number of amides is 1. The Morgan fingerprint density at radius 2 is 1.86 bits per heavy atom. The number of aromatic nitrogens is 1. The molecule has 1 aliphatic rings. The van der Waals surface area contributed by atoms with E-state index in [0.717, 1.165) is 12.0 Å². The standard InChI is InChI=1S/C21H29N3O4S/c1-4-12-23(15-18-8-6-5-7-9-18)21(25)19-10-13-24(14-11-19)29(26,27)20-16(2)22-28-17(20)3/h5-9,19H,4,10-15H2,1-3H3. The Morgan fingerprint density at radius 1 is 1.21 bits per heavy atom. The molecule has 1 aromatic heterocycles. The summed E-state index contributed by atoms with van der Waals surface area (Å²) in [5.74, 6) is 0.268.